The monoisotopic (exact) mass is 244 g/mol. The molecule has 5 nitrogen and oxygen atoms in total. The Morgan fingerprint density at radius 2 is 1.35 bits per heavy atom. The van der Waals surface area contributed by atoms with E-state index in [1.165, 1.54) is 0 Å². The lowest BCUT2D eigenvalue weighted by Crippen LogP contribution is -2.06. The summed E-state index contributed by atoms with van der Waals surface area (Å²) in [4.78, 5) is 19.4. The fourth-order valence-corrected chi connectivity index (χ4v) is 1.11. The molecule has 0 aromatic rings. The molecule has 17 heavy (non-hydrogen) atoms. The lowest BCUT2D eigenvalue weighted by molar-refractivity contribution is -0.109. The van der Waals surface area contributed by atoms with Gasteiger partial charge in [0.1, 0.15) is 24.8 Å². The lowest BCUT2D eigenvalue weighted by Gasteiger charge is -1.95. The number of hydrogen-bond acceptors (Lipinski definition) is 5. The topological polar surface area (TPSA) is 68.4 Å². The highest BCUT2D eigenvalue weighted by Crippen LogP contribution is 2.12. The Morgan fingerprint density at radius 3 is 1.65 bits per heavy atom. The summed E-state index contributed by atoms with van der Waals surface area (Å²) < 4.78 is 15.1. The van der Waals surface area contributed by atoms with Gasteiger partial charge in [-0.3, -0.25) is 0 Å². The predicted molar refractivity (Wildman–Crippen MR) is 60.9 cm³/mol. The maximum atomic E-state index is 9.68. The fraction of sp³-hybridized carbons (Fsp3) is 0.833. The number of carbonyl (C=O) groups is 2. The highest BCUT2D eigenvalue weighted by molar-refractivity contribution is 5.50. The van der Waals surface area contributed by atoms with Crippen LogP contribution < -0.4 is 0 Å². The maximum absolute atomic E-state index is 9.68. The smallest absolute Gasteiger partial charge is 0.119 e. The number of hydrogen-bond donors (Lipinski definition) is 0. The van der Waals surface area contributed by atoms with Gasteiger partial charge in [0, 0.05) is 12.8 Å². The van der Waals surface area contributed by atoms with Gasteiger partial charge in [0.2, 0.25) is 0 Å². The van der Waals surface area contributed by atoms with Crippen molar-refractivity contribution in [1.29, 1.82) is 0 Å². The number of ether oxygens (including phenoxy) is 3. The van der Waals surface area contributed by atoms with Crippen molar-refractivity contribution in [3.63, 3.8) is 0 Å². The second-order valence-corrected chi connectivity index (χ2v) is 4.07. The summed E-state index contributed by atoms with van der Waals surface area (Å²) in [5.74, 6) is 0. The van der Waals surface area contributed by atoms with E-state index in [1.807, 2.05) is 0 Å². The molecule has 2 rings (SSSR count). The molecule has 0 amide bonds. The SMILES string of the molecule is C(OCC1CO1)C1CO1.O=CCCCCC=O. The quantitative estimate of drug-likeness (QED) is 0.340. The summed E-state index contributed by atoms with van der Waals surface area (Å²) in [6, 6.07) is 0. The third kappa shape index (κ3) is 10.1. The van der Waals surface area contributed by atoms with Gasteiger partial charge in [-0.05, 0) is 12.8 Å². The first kappa shape index (κ1) is 14.3. The van der Waals surface area contributed by atoms with Crippen LogP contribution in [-0.2, 0) is 23.8 Å². The van der Waals surface area contributed by atoms with Gasteiger partial charge in [-0.25, -0.2) is 0 Å². The van der Waals surface area contributed by atoms with Crippen LogP contribution in [0.5, 0.6) is 0 Å². The molecular weight excluding hydrogens is 224 g/mol. The van der Waals surface area contributed by atoms with Crippen LogP contribution in [0.25, 0.3) is 0 Å². The summed E-state index contributed by atoms with van der Waals surface area (Å²) in [6.07, 6.45) is 5.43. The molecule has 0 aliphatic carbocycles. The molecule has 0 aromatic heterocycles. The van der Waals surface area contributed by atoms with Crippen LogP contribution in [0, 0.1) is 0 Å². The average Bonchev–Trinajstić information content (AvgIpc) is 3.19. The van der Waals surface area contributed by atoms with Crippen LogP contribution in [0.2, 0.25) is 0 Å². The Balaban J connectivity index is 0.000000172. The van der Waals surface area contributed by atoms with Crippen molar-refractivity contribution in [3.8, 4) is 0 Å². The number of carbonyl (C=O) groups excluding carboxylic acids is 2. The van der Waals surface area contributed by atoms with Crippen molar-refractivity contribution >= 4 is 12.6 Å². The Bertz CT molecular complexity index is 189. The van der Waals surface area contributed by atoms with Crippen molar-refractivity contribution in [2.45, 2.75) is 37.9 Å². The van der Waals surface area contributed by atoms with Crippen LogP contribution >= 0.6 is 0 Å². The first-order valence-electron chi connectivity index (χ1n) is 6.05. The number of epoxide rings is 2. The van der Waals surface area contributed by atoms with Gasteiger partial charge in [-0.1, -0.05) is 0 Å². The Morgan fingerprint density at radius 1 is 0.941 bits per heavy atom. The van der Waals surface area contributed by atoms with Crippen LogP contribution in [0.1, 0.15) is 25.7 Å². The summed E-state index contributed by atoms with van der Waals surface area (Å²) in [5, 5.41) is 0. The number of unbranched alkanes of at least 4 members (excludes halogenated alkanes) is 3. The molecule has 5 heteroatoms. The molecule has 0 bridgehead atoms. The number of rotatable bonds is 9. The Kier molecular flexibility index (Phi) is 7.79. The van der Waals surface area contributed by atoms with Crippen molar-refractivity contribution < 1.29 is 23.8 Å². The fourth-order valence-electron chi connectivity index (χ4n) is 1.11. The van der Waals surface area contributed by atoms with E-state index in [-0.39, 0.29) is 0 Å². The van der Waals surface area contributed by atoms with Gasteiger partial charge in [0.15, 0.2) is 0 Å². The number of aldehydes is 2. The Hall–Kier alpha value is -0.780. The van der Waals surface area contributed by atoms with E-state index < -0.39 is 0 Å². The molecule has 0 radical (unpaired) electrons. The van der Waals surface area contributed by atoms with E-state index in [0.29, 0.717) is 25.0 Å². The van der Waals surface area contributed by atoms with E-state index in [2.05, 4.69) is 0 Å². The van der Waals surface area contributed by atoms with Gasteiger partial charge < -0.3 is 23.8 Å². The van der Waals surface area contributed by atoms with Crippen molar-refractivity contribution in [2.24, 2.45) is 0 Å². The zero-order valence-corrected chi connectivity index (χ0v) is 10.0. The van der Waals surface area contributed by atoms with Gasteiger partial charge in [-0.2, -0.15) is 0 Å². The van der Waals surface area contributed by atoms with Gasteiger partial charge in [0.05, 0.1) is 26.4 Å². The van der Waals surface area contributed by atoms with E-state index in [4.69, 9.17) is 14.2 Å². The third-order valence-corrected chi connectivity index (χ3v) is 2.31. The first-order chi connectivity index (χ1) is 8.36. The van der Waals surface area contributed by atoms with Crippen molar-refractivity contribution in [2.75, 3.05) is 26.4 Å². The van der Waals surface area contributed by atoms with E-state index in [9.17, 15) is 9.59 Å². The largest absolute Gasteiger partial charge is 0.376 e. The molecular formula is C12H20O5. The van der Waals surface area contributed by atoms with E-state index in [1.54, 1.807) is 0 Å². The highest BCUT2D eigenvalue weighted by Gasteiger charge is 2.26. The predicted octanol–water partition coefficient (Wildman–Crippen LogP) is 0.745. The normalized spacial score (nSPS) is 24.5. The second kappa shape index (κ2) is 9.27. The van der Waals surface area contributed by atoms with Crippen LogP contribution in [0.3, 0.4) is 0 Å². The summed E-state index contributed by atoms with van der Waals surface area (Å²) in [5.41, 5.74) is 0. The molecule has 2 saturated heterocycles. The molecule has 2 aliphatic heterocycles. The van der Waals surface area contributed by atoms with E-state index in [0.717, 1.165) is 51.8 Å². The molecule has 98 valence electrons. The van der Waals surface area contributed by atoms with Gasteiger partial charge >= 0.3 is 0 Å². The molecule has 2 aliphatic rings. The average molecular weight is 244 g/mol. The first-order valence-corrected chi connectivity index (χ1v) is 6.05. The summed E-state index contributed by atoms with van der Waals surface area (Å²) in [7, 11) is 0. The zero-order chi connectivity index (χ0) is 12.3. The molecule has 2 fully saturated rings. The molecule has 2 heterocycles. The summed E-state index contributed by atoms with van der Waals surface area (Å²) >= 11 is 0. The highest BCUT2D eigenvalue weighted by atomic mass is 16.6. The van der Waals surface area contributed by atoms with Crippen LogP contribution in [-0.4, -0.2) is 51.2 Å². The maximum Gasteiger partial charge on any atom is 0.119 e. The van der Waals surface area contributed by atoms with Crippen LogP contribution in [0.15, 0.2) is 0 Å². The summed E-state index contributed by atoms with van der Waals surface area (Å²) in [6.45, 7) is 3.26. The molecule has 0 N–H and O–H groups in total. The zero-order valence-electron chi connectivity index (χ0n) is 10.0. The molecule has 0 aromatic carbocycles. The van der Waals surface area contributed by atoms with Gasteiger partial charge in [0.25, 0.3) is 0 Å². The van der Waals surface area contributed by atoms with Gasteiger partial charge in [-0.15, -0.1) is 0 Å². The molecule has 2 atom stereocenters. The van der Waals surface area contributed by atoms with Crippen molar-refractivity contribution in [3.05, 3.63) is 0 Å². The molecule has 0 saturated carbocycles. The second-order valence-electron chi connectivity index (χ2n) is 4.07. The standard InChI is InChI=1S/C6H10O3.C6H10O2/c1(5-3-8-5)7-2-6-4-9-6;7-5-3-1-2-4-6-8/h5-6H,1-4H2;5-6H,1-4H2. The van der Waals surface area contributed by atoms with Crippen molar-refractivity contribution in [1.82, 2.24) is 0 Å². The molecule has 0 spiro atoms. The molecule has 2 unspecified atom stereocenters. The van der Waals surface area contributed by atoms with Crippen LogP contribution in [0.4, 0.5) is 0 Å². The minimum absolute atomic E-state index is 0.392. The minimum atomic E-state index is 0.392. The Labute approximate surface area is 101 Å². The van der Waals surface area contributed by atoms with E-state index >= 15 is 0 Å². The minimum Gasteiger partial charge on any atom is -0.376 e. The lowest BCUT2D eigenvalue weighted by atomic mass is 10.2. The third-order valence-electron chi connectivity index (χ3n) is 2.31.